The zero-order valence-corrected chi connectivity index (χ0v) is 16.3. The molecule has 3 aromatic rings. The van der Waals surface area contributed by atoms with Crippen LogP contribution in [0.15, 0.2) is 71.6 Å². The van der Waals surface area contributed by atoms with Gasteiger partial charge in [-0.1, -0.05) is 55.0 Å². The van der Waals surface area contributed by atoms with Crippen molar-refractivity contribution in [2.75, 3.05) is 18.4 Å². The third kappa shape index (κ3) is 3.53. The number of nitrogens with one attached hydrogen (secondary N) is 1. The van der Waals surface area contributed by atoms with E-state index in [-0.39, 0.29) is 10.5 Å². The Morgan fingerprint density at radius 2 is 1.50 bits per heavy atom. The van der Waals surface area contributed by atoms with Gasteiger partial charge in [-0.15, -0.1) is 0 Å². The number of nitrogens with zero attached hydrogens (tertiary/aromatic N) is 1. The number of amides is 1. The number of anilines is 1. The van der Waals surface area contributed by atoms with Crippen LogP contribution in [0.25, 0.3) is 10.8 Å². The van der Waals surface area contributed by atoms with Crippen LogP contribution in [0.2, 0.25) is 0 Å². The lowest BCUT2D eigenvalue weighted by molar-refractivity contribution is 0.102. The highest BCUT2D eigenvalue weighted by Crippen LogP contribution is 2.27. The first-order valence-corrected chi connectivity index (χ1v) is 10.9. The van der Waals surface area contributed by atoms with Crippen molar-refractivity contribution in [2.24, 2.45) is 0 Å². The molecule has 0 aromatic heterocycles. The Balaban J connectivity index is 1.69. The van der Waals surface area contributed by atoms with Gasteiger partial charge < -0.3 is 5.32 Å². The molecule has 0 aliphatic carbocycles. The first-order valence-electron chi connectivity index (χ1n) is 9.46. The maximum Gasteiger partial charge on any atom is 0.257 e. The van der Waals surface area contributed by atoms with Gasteiger partial charge in [-0.25, -0.2) is 8.42 Å². The van der Waals surface area contributed by atoms with Gasteiger partial charge >= 0.3 is 0 Å². The van der Waals surface area contributed by atoms with Crippen molar-refractivity contribution in [1.82, 2.24) is 4.31 Å². The fourth-order valence-corrected chi connectivity index (χ4v) is 5.35. The van der Waals surface area contributed by atoms with Gasteiger partial charge in [0, 0.05) is 24.2 Å². The average molecular weight is 394 g/mol. The van der Waals surface area contributed by atoms with Gasteiger partial charge in [-0.2, -0.15) is 4.31 Å². The molecule has 28 heavy (non-hydrogen) atoms. The highest BCUT2D eigenvalue weighted by molar-refractivity contribution is 7.89. The Kier molecular flexibility index (Phi) is 5.15. The number of hydrogen-bond donors (Lipinski definition) is 1. The summed E-state index contributed by atoms with van der Waals surface area (Å²) < 4.78 is 27.7. The van der Waals surface area contributed by atoms with Crippen LogP contribution in [-0.4, -0.2) is 31.7 Å². The van der Waals surface area contributed by atoms with Crippen molar-refractivity contribution >= 4 is 32.4 Å². The maximum atomic E-state index is 13.1. The molecule has 1 N–H and O–H groups in total. The smallest absolute Gasteiger partial charge is 0.257 e. The molecular weight excluding hydrogens is 372 g/mol. The van der Waals surface area contributed by atoms with Gasteiger partial charge in [0.25, 0.3) is 5.91 Å². The van der Waals surface area contributed by atoms with Gasteiger partial charge in [-0.05, 0) is 36.4 Å². The molecule has 4 rings (SSSR count). The zero-order chi connectivity index (χ0) is 19.6. The highest BCUT2D eigenvalue weighted by Gasteiger charge is 2.29. The zero-order valence-electron chi connectivity index (χ0n) is 15.5. The Morgan fingerprint density at radius 1 is 0.821 bits per heavy atom. The molecule has 6 heteroatoms. The summed E-state index contributed by atoms with van der Waals surface area (Å²) in [7, 11) is -3.70. The second-order valence-corrected chi connectivity index (χ2v) is 8.85. The van der Waals surface area contributed by atoms with Crippen molar-refractivity contribution < 1.29 is 13.2 Å². The molecular formula is C22H22N2O3S. The maximum absolute atomic E-state index is 13.1. The van der Waals surface area contributed by atoms with Crippen LogP contribution in [0.1, 0.15) is 29.6 Å². The predicted octanol–water partition coefficient (Wildman–Crippen LogP) is 4.27. The first kappa shape index (κ1) is 18.7. The largest absolute Gasteiger partial charge is 0.321 e. The van der Waals surface area contributed by atoms with Crippen LogP contribution in [0.5, 0.6) is 0 Å². The quantitative estimate of drug-likeness (QED) is 0.719. The highest BCUT2D eigenvalue weighted by atomic mass is 32.2. The van der Waals surface area contributed by atoms with Crippen LogP contribution >= 0.6 is 0 Å². The fraction of sp³-hybridized carbons (Fsp3) is 0.227. The van der Waals surface area contributed by atoms with Crippen molar-refractivity contribution in [3.8, 4) is 0 Å². The summed E-state index contributed by atoms with van der Waals surface area (Å²) in [6.07, 6.45) is 2.74. The molecule has 1 aliphatic rings. The summed E-state index contributed by atoms with van der Waals surface area (Å²) >= 11 is 0. The topological polar surface area (TPSA) is 66.5 Å². The van der Waals surface area contributed by atoms with Crippen LogP contribution in [0.4, 0.5) is 5.69 Å². The molecule has 144 valence electrons. The van der Waals surface area contributed by atoms with Crippen LogP contribution in [0.3, 0.4) is 0 Å². The molecule has 0 atom stereocenters. The van der Waals surface area contributed by atoms with Crippen molar-refractivity contribution in [1.29, 1.82) is 0 Å². The predicted molar refractivity (Wildman–Crippen MR) is 111 cm³/mol. The number of piperidine rings is 1. The number of carbonyl (C=O) groups is 1. The molecule has 1 heterocycles. The molecule has 0 radical (unpaired) electrons. The minimum absolute atomic E-state index is 0.0645. The molecule has 0 spiro atoms. The van der Waals surface area contributed by atoms with E-state index < -0.39 is 15.9 Å². The van der Waals surface area contributed by atoms with Gasteiger partial charge in [0.05, 0.1) is 10.5 Å². The van der Waals surface area contributed by atoms with E-state index in [2.05, 4.69) is 5.32 Å². The Hall–Kier alpha value is -2.70. The normalized spacial score (nSPS) is 15.4. The van der Waals surface area contributed by atoms with E-state index in [4.69, 9.17) is 0 Å². The van der Waals surface area contributed by atoms with Gasteiger partial charge in [0.2, 0.25) is 10.0 Å². The SMILES string of the molecule is O=C(Nc1cccc2ccccc12)c1ccccc1S(=O)(=O)N1CCCCC1. The molecule has 1 saturated heterocycles. The first-order chi connectivity index (χ1) is 13.6. The summed E-state index contributed by atoms with van der Waals surface area (Å²) in [5, 5.41) is 4.82. The number of fused-ring (bicyclic) bond motifs is 1. The summed E-state index contributed by atoms with van der Waals surface area (Å²) in [6.45, 7) is 1.00. The third-order valence-electron chi connectivity index (χ3n) is 5.10. The van der Waals surface area contributed by atoms with E-state index in [9.17, 15) is 13.2 Å². The lowest BCUT2D eigenvalue weighted by Gasteiger charge is -2.26. The number of sulfonamides is 1. The lowest BCUT2D eigenvalue weighted by Crippen LogP contribution is -2.36. The monoisotopic (exact) mass is 394 g/mol. The molecule has 5 nitrogen and oxygen atoms in total. The van der Waals surface area contributed by atoms with E-state index in [1.807, 2.05) is 42.5 Å². The van der Waals surface area contributed by atoms with E-state index in [1.54, 1.807) is 18.2 Å². The number of hydrogen-bond acceptors (Lipinski definition) is 3. The molecule has 0 unspecified atom stereocenters. The van der Waals surface area contributed by atoms with Gasteiger partial charge in [-0.3, -0.25) is 4.79 Å². The van der Waals surface area contributed by atoms with E-state index in [1.165, 1.54) is 10.4 Å². The molecule has 1 amide bonds. The summed E-state index contributed by atoms with van der Waals surface area (Å²) in [4.78, 5) is 13.1. The molecule has 3 aromatic carbocycles. The van der Waals surface area contributed by atoms with E-state index in [0.717, 1.165) is 30.0 Å². The molecule has 0 bridgehead atoms. The Labute approximate surface area is 165 Å². The number of rotatable bonds is 4. The fourth-order valence-electron chi connectivity index (χ4n) is 3.65. The lowest BCUT2D eigenvalue weighted by atomic mass is 10.1. The van der Waals surface area contributed by atoms with E-state index in [0.29, 0.717) is 18.8 Å². The van der Waals surface area contributed by atoms with Crippen LogP contribution in [-0.2, 0) is 10.0 Å². The van der Waals surface area contributed by atoms with Gasteiger partial charge in [0.15, 0.2) is 0 Å². The summed E-state index contributed by atoms with van der Waals surface area (Å²) in [6, 6.07) is 19.8. The number of benzene rings is 3. The van der Waals surface area contributed by atoms with Crippen molar-refractivity contribution in [3.63, 3.8) is 0 Å². The van der Waals surface area contributed by atoms with E-state index >= 15 is 0 Å². The second kappa shape index (κ2) is 7.73. The third-order valence-corrected chi connectivity index (χ3v) is 7.06. The van der Waals surface area contributed by atoms with Crippen molar-refractivity contribution in [3.05, 3.63) is 72.3 Å². The van der Waals surface area contributed by atoms with Gasteiger partial charge in [0.1, 0.15) is 0 Å². The Morgan fingerprint density at radius 3 is 2.32 bits per heavy atom. The van der Waals surface area contributed by atoms with Crippen LogP contribution < -0.4 is 5.32 Å². The van der Waals surface area contributed by atoms with Crippen molar-refractivity contribution in [2.45, 2.75) is 24.2 Å². The Bertz CT molecular complexity index is 1110. The second-order valence-electron chi connectivity index (χ2n) is 6.94. The van der Waals surface area contributed by atoms with Crippen LogP contribution in [0, 0.1) is 0 Å². The minimum atomic E-state index is -3.70. The summed E-state index contributed by atoms with van der Waals surface area (Å²) in [5.41, 5.74) is 0.828. The molecule has 1 fully saturated rings. The minimum Gasteiger partial charge on any atom is -0.321 e. The molecule has 1 aliphatic heterocycles. The standard InChI is InChI=1S/C22H22N2O3S/c25-22(23-20-13-8-10-17-9-2-3-11-18(17)20)19-12-4-5-14-21(19)28(26,27)24-15-6-1-7-16-24/h2-5,8-14H,1,6-7,15-16H2,(H,23,25). The number of carbonyl (C=O) groups excluding carboxylic acids is 1. The summed E-state index contributed by atoms with van der Waals surface area (Å²) in [5.74, 6) is -0.424. The molecule has 0 saturated carbocycles. The average Bonchev–Trinajstić information content (AvgIpc) is 2.74.